The zero-order chi connectivity index (χ0) is 14.4. The number of hydrogen-bond donors (Lipinski definition) is 0. The number of rotatable bonds is 6. The molecule has 0 N–H and O–H groups in total. The van der Waals surface area contributed by atoms with Gasteiger partial charge >= 0.3 is 0 Å². The molecule has 112 valence electrons. The third-order valence-electron chi connectivity index (χ3n) is 4.30. The SMILES string of the molecule is CCC(CC)C(=O)N1CC(C)N(CCOC)C(C)C1. The lowest BCUT2D eigenvalue weighted by Gasteiger charge is -2.45. The first-order chi connectivity index (χ1) is 9.04. The number of carbonyl (C=O) groups is 1. The normalized spacial score (nSPS) is 25.1. The minimum Gasteiger partial charge on any atom is -0.383 e. The van der Waals surface area contributed by atoms with Crippen molar-refractivity contribution in [3.63, 3.8) is 0 Å². The summed E-state index contributed by atoms with van der Waals surface area (Å²) in [4.78, 5) is 17.0. The van der Waals surface area contributed by atoms with Crippen molar-refractivity contribution < 1.29 is 9.53 Å². The van der Waals surface area contributed by atoms with Gasteiger partial charge in [-0.25, -0.2) is 0 Å². The third kappa shape index (κ3) is 4.18. The first kappa shape index (κ1) is 16.4. The highest BCUT2D eigenvalue weighted by Crippen LogP contribution is 2.19. The lowest BCUT2D eigenvalue weighted by atomic mass is 9.99. The fourth-order valence-corrected chi connectivity index (χ4v) is 3.07. The Hall–Kier alpha value is -0.610. The van der Waals surface area contributed by atoms with Gasteiger partial charge in [0, 0.05) is 44.7 Å². The smallest absolute Gasteiger partial charge is 0.225 e. The largest absolute Gasteiger partial charge is 0.383 e. The van der Waals surface area contributed by atoms with E-state index in [1.165, 1.54) is 0 Å². The zero-order valence-corrected chi connectivity index (χ0v) is 13.2. The van der Waals surface area contributed by atoms with Gasteiger partial charge in [0.05, 0.1) is 6.61 Å². The van der Waals surface area contributed by atoms with Crippen molar-refractivity contribution in [2.45, 2.75) is 52.6 Å². The maximum atomic E-state index is 12.5. The molecule has 0 spiro atoms. The topological polar surface area (TPSA) is 32.8 Å². The molecule has 0 aromatic carbocycles. The summed E-state index contributed by atoms with van der Waals surface area (Å²) in [6.45, 7) is 12.0. The summed E-state index contributed by atoms with van der Waals surface area (Å²) in [5.41, 5.74) is 0. The van der Waals surface area contributed by atoms with Gasteiger partial charge < -0.3 is 9.64 Å². The van der Waals surface area contributed by atoms with E-state index in [4.69, 9.17) is 4.74 Å². The summed E-state index contributed by atoms with van der Waals surface area (Å²) in [6, 6.07) is 0.828. The van der Waals surface area contributed by atoms with Crippen molar-refractivity contribution in [2.75, 3.05) is 33.4 Å². The van der Waals surface area contributed by atoms with Gasteiger partial charge in [-0.1, -0.05) is 13.8 Å². The van der Waals surface area contributed by atoms with Crippen LogP contribution in [0.15, 0.2) is 0 Å². The molecule has 0 aromatic rings. The Morgan fingerprint density at radius 1 is 1.21 bits per heavy atom. The predicted molar refractivity (Wildman–Crippen MR) is 78.2 cm³/mol. The van der Waals surface area contributed by atoms with Crippen LogP contribution in [0.4, 0.5) is 0 Å². The number of methoxy groups -OCH3 is 1. The number of hydrogen-bond acceptors (Lipinski definition) is 3. The molecule has 4 nitrogen and oxygen atoms in total. The molecule has 1 amide bonds. The summed E-state index contributed by atoms with van der Waals surface area (Å²) < 4.78 is 5.17. The van der Waals surface area contributed by atoms with Crippen LogP contribution in [-0.2, 0) is 9.53 Å². The number of amides is 1. The van der Waals surface area contributed by atoms with E-state index in [1.807, 2.05) is 0 Å². The van der Waals surface area contributed by atoms with Crippen LogP contribution < -0.4 is 0 Å². The standard InChI is InChI=1S/C15H30N2O2/c1-6-14(7-2)15(18)16-10-12(3)17(8-9-19-5)13(4)11-16/h12-14H,6-11H2,1-5H3. The highest BCUT2D eigenvalue weighted by molar-refractivity contribution is 5.79. The Morgan fingerprint density at radius 3 is 2.16 bits per heavy atom. The lowest BCUT2D eigenvalue weighted by Crippen LogP contribution is -2.59. The number of nitrogens with zero attached hydrogens (tertiary/aromatic N) is 2. The van der Waals surface area contributed by atoms with Gasteiger partial charge in [0.15, 0.2) is 0 Å². The third-order valence-corrected chi connectivity index (χ3v) is 4.30. The minimum atomic E-state index is 0.199. The van der Waals surface area contributed by atoms with E-state index in [0.717, 1.165) is 39.1 Å². The molecule has 2 unspecified atom stereocenters. The molecule has 19 heavy (non-hydrogen) atoms. The van der Waals surface area contributed by atoms with Crippen molar-refractivity contribution >= 4 is 5.91 Å². The van der Waals surface area contributed by atoms with E-state index in [2.05, 4.69) is 37.5 Å². The second-order valence-electron chi connectivity index (χ2n) is 5.69. The maximum Gasteiger partial charge on any atom is 0.225 e. The zero-order valence-electron chi connectivity index (χ0n) is 13.2. The molecule has 1 fully saturated rings. The van der Waals surface area contributed by atoms with Crippen LogP contribution >= 0.6 is 0 Å². The minimum absolute atomic E-state index is 0.199. The van der Waals surface area contributed by atoms with Crippen molar-refractivity contribution in [1.29, 1.82) is 0 Å². The van der Waals surface area contributed by atoms with Gasteiger partial charge in [-0.2, -0.15) is 0 Å². The van der Waals surface area contributed by atoms with Crippen molar-refractivity contribution in [1.82, 2.24) is 9.80 Å². The predicted octanol–water partition coefficient (Wildman–Crippen LogP) is 1.99. The molecular formula is C15H30N2O2. The molecular weight excluding hydrogens is 240 g/mol. The van der Waals surface area contributed by atoms with Crippen molar-refractivity contribution in [2.24, 2.45) is 5.92 Å². The highest BCUT2D eigenvalue weighted by atomic mass is 16.5. The molecule has 0 saturated carbocycles. The van der Waals surface area contributed by atoms with Crippen LogP contribution in [-0.4, -0.2) is 61.1 Å². The van der Waals surface area contributed by atoms with Crippen LogP contribution in [0.5, 0.6) is 0 Å². The summed E-state index contributed by atoms with van der Waals surface area (Å²) in [6.07, 6.45) is 1.89. The molecule has 4 heteroatoms. The number of piperazine rings is 1. The van der Waals surface area contributed by atoms with Crippen LogP contribution in [0.2, 0.25) is 0 Å². The van der Waals surface area contributed by atoms with E-state index in [1.54, 1.807) is 7.11 Å². The molecule has 0 radical (unpaired) electrons. The van der Waals surface area contributed by atoms with Crippen LogP contribution in [0.3, 0.4) is 0 Å². The monoisotopic (exact) mass is 270 g/mol. The van der Waals surface area contributed by atoms with E-state index < -0.39 is 0 Å². The highest BCUT2D eigenvalue weighted by Gasteiger charge is 2.33. The van der Waals surface area contributed by atoms with Crippen LogP contribution in [0.25, 0.3) is 0 Å². The van der Waals surface area contributed by atoms with Gasteiger partial charge in [0.1, 0.15) is 0 Å². The summed E-state index contributed by atoms with van der Waals surface area (Å²) in [5.74, 6) is 0.542. The van der Waals surface area contributed by atoms with Gasteiger partial charge in [-0.05, 0) is 26.7 Å². The molecule has 0 bridgehead atoms. The van der Waals surface area contributed by atoms with Gasteiger partial charge in [0.25, 0.3) is 0 Å². The summed E-state index contributed by atoms with van der Waals surface area (Å²) in [5, 5.41) is 0. The lowest BCUT2D eigenvalue weighted by molar-refractivity contribution is -0.140. The Kier molecular flexibility index (Phi) is 6.80. The molecule has 1 saturated heterocycles. The second-order valence-corrected chi connectivity index (χ2v) is 5.69. The molecule has 1 aliphatic rings. The first-order valence-electron chi connectivity index (χ1n) is 7.58. The fraction of sp³-hybridized carbons (Fsp3) is 0.933. The number of carbonyl (C=O) groups excluding carboxylic acids is 1. The Balaban J connectivity index is 2.61. The molecule has 0 aromatic heterocycles. The van der Waals surface area contributed by atoms with Crippen molar-refractivity contribution in [3.05, 3.63) is 0 Å². The Bertz CT molecular complexity index is 267. The maximum absolute atomic E-state index is 12.5. The van der Waals surface area contributed by atoms with E-state index in [-0.39, 0.29) is 5.92 Å². The molecule has 0 aliphatic carbocycles. The molecule has 1 rings (SSSR count). The van der Waals surface area contributed by atoms with Crippen LogP contribution in [0, 0.1) is 5.92 Å². The molecule has 1 heterocycles. The molecule has 2 atom stereocenters. The van der Waals surface area contributed by atoms with E-state index in [9.17, 15) is 4.79 Å². The quantitative estimate of drug-likeness (QED) is 0.740. The van der Waals surface area contributed by atoms with Gasteiger partial charge in [-0.15, -0.1) is 0 Å². The van der Waals surface area contributed by atoms with E-state index >= 15 is 0 Å². The van der Waals surface area contributed by atoms with Gasteiger partial charge in [0.2, 0.25) is 5.91 Å². The van der Waals surface area contributed by atoms with Crippen molar-refractivity contribution in [3.8, 4) is 0 Å². The van der Waals surface area contributed by atoms with Gasteiger partial charge in [-0.3, -0.25) is 9.69 Å². The summed E-state index contributed by atoms with van der Waals surface area (Å²) in [7, 11) is 1.74. The Labute approximate surface area is 118 Å². The average molecular weight is 270 g/mol. The number of ether oxygens (including phenoxy) is 1. The Morgan fingerprint density at radius 2 is 1.74 bits per heavy atom. The first-order valence-corrected chi connectivity index (χ1v) is 7.58. The average Bonchev–Trinajstić information content (AvgIpc) is 2.39. The fourth-order valence-electron chi connectivity index (χ4n) is 3.07. The van der Waals surface area contributed by atoms with E-state index in [0.29, 0.717) is 18.0 Å². The second kappa shape index (κ2) is 7.85. The summed E-state index contributed by atoms with van der Waals surface area (Å²) >= 11 is 0. The van der Waals surface area contributed by atoms with Crippen LogP contribution in [0.1, 0.15) is 40.5 Å². The molecule has 1 aliphatic heterocycles.